The number of aliphatic hydroxyl groups is 1. The Morgan fingerprint density at radius 2 is 1.85 bits per heavy atom. The normalized spacial score (nSPS) is 17.5. The van der Waals surface area contributed by atoms with Crippen molar-refractivity contribution in [3.8, 4) is 0 Å². The van der Waals surface area contributed by atoms with Gasteiger partial charge in [0.25, 0.3) is 0 Å². The molecule has 0 aromatic carbocycles. The predicted octanol–water partition coefficient (Wildman–Crippen LogP) is 0.323. The largest absolute Gasteiger partial charge is 0.481 e. The first-order chi connectivity index (χ1) is 5.84. The monoisotopic (exact) mass is 190 g/mol. The molecule has 0 amide bonds. The molecular formula is C8H14O5. The summed E-state index contributed by atoms with van der Waals surface area (Å²) < 4.78 is 0. The third kappa shape index (κ3) is 2.69. The van der Waals surface area contributed by atoms with Crippen molar-refractivity contribution >= 4 is 11.9 Å². The first-order valence-electron chi connectivity index (χ1n) is 4.02. The van der Waals surface area contributed by atoms with E-state index in [0.717, 1.165) is 0 Å². The predicted molar refractivity (Wildman–Crippen MR) is 44.3 cm³/mol. The van der Waals surface area contributed by atoms with E-state index in [0.29, 0.717) is 6.42 Å². The number of hydrogen-bond donors (Lipinski definition) is 3. The van der Waals surface area contributed by atoms with E-state index in [1.165, 1.54) is 6.92 Å². The summed E-state index contributed by atoms with van der Waals surface area (Å²) in [6.45, 7) is 3.21. The molecule has 0 aliphatic carbocycles. The number of rotatable bonds is 5. The van der Waals surface area contributed by atoms with Gasteiger partial charge in [0.2, 0.25) is 0 Å². The summed E-state index contributed by atoms with van der Waals surface area (Å²) in [5.41, 5.74) is -2.15. The molecule has 0 heterocycles. The SMILES string of the molecule is CC[C@H](C)[C@@](O)(CC(=O)O)C(=O)O. The van der Waals surface area contributed by atoms with E-state index in [9.17, 15) is 14.7 Å². The van der Waals surface area contributed by atoms with Gasteiger partial charge in [0.05, 0.1) is 6.42 Å². The molecule has 0 saturated heterocycles. The van der Waals surface area contributed by atoms with Crippen LogP contribution in [0.4, 0.5) is 0 Å². The van der Waals surface area contributed by atoms with E-state index >= 15 is 0 Å². The minimum absolute atomic E-state index is 0.413. The van der Waals surface area contributed by atoms with Gasteiger partial charge in [0, 0.05) is 0 Å². The molecule has 5 nitrogen and oxygen atoms in total. The van der Waals surface area contributed by atoms with Crippen molar-refractivity contribution in [1.82, 2.24) is 0 Å². The van der Waals surface area contributed by atoms with Crippen LogP contribution >= 0.6 is 0 Å². The molecule has 0 unspecified atom stereocenters. The lowest BCUT2D eigenvalue weighted by Gasteiger charge is -2.27. The first-order valence-corrected chi connectivity index (χ1v) is 4.02. The van der Waals surface area contributed by atoms with Gasteiger partial charge in [-0.3, -0.25) is 4.79 Å². The van der Waals surface area contributed by atoms with Crippen LogP contribution in [0.3, 0.4) is 0 Å². The van der Waals surface area contributed by atoms with E-state index in [1.807, 2.05) is 0 Å². The number of aliphatic carboxylic acids is 2. The Balaban J connectivity index is 4.72. The Morgan fingerprint density at radius 3 is 2.08 bits per heavy atom. The van der Waals surface area contributed by atoms with Crippen molar-refractivity contribution in [3.63, 3.8) is 0 Å². The van der Waals surface area contributed by atoms with Crippen LogP contribution in [0.15, 0.2) is 0 Å². The zero-order valence-electron chi connectivity index (χ0n) is 7.65. The highest BCUT2D eigenvalue weighted by atomic mass is 16.4. The van der Waals surface area contributed by atoms with Crippen molar-refractivity contribution in [1.29, 1.82) is 0 Å². The van der Waals surface area contributed by atoms with E-state index in [4.69, 9.17) is 10.2 Å². The number of hydrogen-bond acceptors (Lipinski definition) is 3. The van der Waals surface area contributed by atoms with Crippen LogP contribution in [-0.4, -0.2) is 32.9 Å². The van der Waals surface area contributed by atoms with Crippen molar-refractivity contribution in [2.75, 3.05) is 0 Å². The molecule has 0 aliphatic heterocycles. The minimum atomic E-state index is -2.15. The van der Waals surface area contributed by atoms with Crippen molar-refractivity contribution in [2.24, 2.45) is 5.92 Å². The van der Waals surface area contributed by atoms with Crippen LogP contribution < -0.4 is 0 Å². The van der Waals surface area contributed by atoms with Crippen LogP contribution in [0.2, 0.25) is 0 Å². The average Bonchev–Trinajstić information content (AvgIpc) is 2.01. The van der Waals surface area contributed by atoms with Gasteiger partial charge in [-0.05, 0) is 5.92 Å². The topological polar surface area (TPSA) is 94.8 Å². The lowest BCUT2D eigenvalue weighted by Crippen LogP contribution is -2.46. The Morgan fingerprint density at radius 1 is 1.38 bits per heavy atom. The fourth-order valence-electron chi connectivity index (χ4n) is 1.03. The molecule has 0 aromatic heterocycles. The maximum absolute atomic E-state index is 10.6. The number of carbonyl (C=O) groups is 2. The maximum atomic E-state index is 10.6. The van der Waals surface area contributed by atoms with Crippen molar-refractivity contribution in [2.45, 2.75) is 32.3 Å². The summed E-state index contributed by atoms with van der Waals surface area (Å²) >= 11 is 0. The van der Waals surface area contributed by atoms with E-state index < -0.39 is 29.9 Å². The fourth-order valence-corrected chi connectivity index (χ4v) is 1.03. The molecule has 0 spiro atoms. The van der Waals surface area contributed by atoms with E-state index in [1.54, 1.807) is 6.92 Å². The summed E-state index contributed by atoms with van der Waals surface area (Å²) in [5, 5.41) is 26.6. The second-order valence-electron chi connectivity index (χ2n) is 3.11. The molecule has 0 bridgehead atoms. The van der Waals surface area contributed by atoms with Gasteiger partial charge in [0.15, 0.2) is 5.60 Å². The van der Waals surface area contributed by atoms with Gasteiger partial charge < -0.3 is 15.3 Å². The van der Waals surface area contributed by atoms with Crippen molar-refractivity contribution in [3.05, 3.63) is 0 Å². The lowest BCUT2D eigenvalue weighted by molar-refractivity contribution is -0.171. The lowest BCUT2D eigenvalue weighted by atomic mass is 9.84. The summed E-state index contributed by atoms with van der Waals surface area (Å²) in [7, 11) is 0. The van der Waals surface area contributed by atoms with Crippen LogP contribution in [0.25, 0.3) is 0 Å². The molecule has 5 heteroatoms. The molecular weight excluding hydrogens is 176 g/mol. The molecule has 2 atom stereocenters. The number of carboxylic acids is 2. The second kappa shape index (κ2) is 4.23. The Hall–Kier alpha value is -1.10. The Kier molecular flexibility index (Phi) is 3.87. The fraction of sp³-hybridized carbons (Fsp3) is 0.750. The minimum Gasteiger partial charge on any atom is -0.481 e. The summed E-state index contributed by atoms with van der Waals surface area (Å²) in [6.07, 6.45) is -0.354. The standard InChI is InChI=1S/C8H14O5/c1-3-5(2)8(13,7(11)12)4-6(9)10/h5,13H,3-4H2,1-2H3,(H,9,10)(H,11,12)/t5-,8-/m0/s1. The third-order valence-electron chi connectivity index (χ3n) is 2.22. The Labute approximate surface area is 76.0 Å². The van der Waals surface area contributed by atoms with Gasteiger partial charge in [-0.25, -0.2) is 4.79 Å². The zero-order chi connectivity index (χ0) is 10.6. The highest BCUT2D eigenvalue weighted by Crippen LogP contribution is 2.24. The summed E-state index contributed by atoms with van der Waals surface area (Å²) in [4.78, 5) is 21.0. The first kappa shape index (κ1) is 11.9. The van der Waals surface area contributed by atoms with Crippen LogP contribution in [-0.2, 0) is 9.59 Å². The van der Waals surface area contributed by atoms with Gasteiger partial charge in [0.1, 0.15) is 0 Å². The summed E-state index contributed by atoms with van der Waals surface area (Å²) in [6, 6.07) is 0. The number of carboxylic acid groups (broad SMARTS) is 2. The van der Waals surface area contributed by atoms with Gasteiger partial charge >= 0.3 is 11.9 Å². The molecule has 3 N–H and O–H groups in total. The summed E-state index contributed by atoms with van der Waals surface area (Å²) in [5.74, 6) is -3.38. The molecule has 0 aromatic rings. The maximum Gasteiger partial charge on any atom is 0.336 e. The van der Waals surface area contributed by atoms with Gasteiger partial charge in [-0.1, -0.05) is 20.3 Å². The highest BCUT2D eigenvalue weighted by molar-refractivity contribution is 5.83. The third-order valence-corrected chi connectivity index (χ3v) is 2.22. The average molecular weight is 190 g/mol. The molecule has 13 heavy (non-hydrogen) atoms. The molecule has 76 valence electrons. The molecule has 0 saturated carbocycles. The van der Waals surface area contributed by atoms with Crippen LogP contribution in [0.5, 0.6) is 0 Å². The van der Waals surface area contributed by atoms with Gasteiger partial charge in [-0.15, -0.1) is 0 Å². The molecule has 0 radical (unpaired) electrons. The quantitative estimate of drug-likeness (QED) is 0.580. The zero-order valence-corrected chi connectivity index (χ0v) is 7.65. The van der Waals surface area contributed by atoms with Crippen LogP contribution in [0, 0.1) is 5.92 Å². The molecule has 0 rings (SSSR count). The molecule has 0 aliphatic rings. The molecule has 0 fully saturated rings. The highest BCUT2D eigenvalue weighted by Gasteiger charge is 2.42. The second-order valence-corrected chi connectivity index (χ2v) is 3.11. The van der Waals surface area contributed by atoms with Crippen molar-refractivity contribution < 1.29 is 24.9 Å². The Bertz CT molecular complexity index is 213. The van der Waals surface area contributed by atoms with E-state index in [-0.39, 0.29) is 0 Å². The van der Waals surface area contributed by atoms with E-state index in [2.05, 4.69) is 0 Å². The van der Waals surface area contributed by atoms with Crippen LogP contribution in [0.1, 0.15) is 26.7 Å². The van der Waals surface area contributed by atoms with Gasteiger partial charge in [-0.2, -0.15) is 0 Å². The smallest absolute Gasteiger partial charge is 0.336 e.